The van der Waals surface area contributed by atoms with Crippen LogP contribution in [0, 0.1) is 0 Å². The van der Waals surface area contributed by atoms with E-state index in [-0.39, 0.29) is 5.91 Å². The molecular weight excluding hydrogens is 334 g/mol. The van der Waals surface area contributed by atoms with Crippen LogP contribution in [-0.2, 0) is 17.9 Å². The molecule has 0 atom stereocenters. The number of carbonyl (C=O) groups is 1. The second-order valence-electron chi connectivity index (χ2n) is 6.95. The van der Waals surface area contributed by atoms with Crippen LogP contribution in [0.5, 0.6) is 0 Å². The number of benzene rings is 2. The molecule has 4 nitrogen and oxygen atoms in total. The van der Waals surface area contributed by atoms with Gasteiger partial charge in [-0.1, -0.05) is 36.4 Å². The highest BCUT2D eigenvalue weighted by molar-refractivity contribution is 5.93. The third kappa shape index (κ3) is 3.91. The summed E-state index contributed by atoms with van der Waals surface area (Å²) in [5.74, 6) is 0.0921. The first-order chi connectivity index (χ1) is 13.2. The summed E-state index contributed by atoms with van der Waals surface area (Å²) in [6.07, 6.45) is 3.62. The molecule has 2 heterocycles. The fourth-order valence-corrected chi connectivity index (χ4v) is 3.68. The van der Waals surface area contributed by atoms with Crippen molar-refractivity contribution in [2.75, 3.05) is 18.0 Å². The number of aromatic nitrogens is 1. The molecular formula is C23H23N3O. The van der Waals surface area contributed by atoms with Gasteiger partial charge in [0.1, 0.15) is 0 Å². The van der Waals surface area contributed by atoms with Gasteiger partial charge in [-0.25, -0.2) is 0 Å². The maximum Gasteiger partial charge on any atom is 0.223 e. The van der Waals surface area contributed by atoms with E-state index in [9.17, 15) is 4.79 Å². The van der Waals surface area contributed by atoms with Crippen LogP contribution < -0.4 is 4.90 Å². The molecule has 0 fully saturated rings. The molecule has 0 radical (unpaired) electrons. The standard InChI is InChI=1S/C23H23N3O/c1-18(27)26-14-13-25(16-19-5-3-2-4-6-19)17-22-15-21(7-8-23(22)26)20-9-11-24-12-10-20/h2-12,15H,13-14,16-17H2,1H3. The number of pyridine rings is 1. The zero-order valence-electron chi connectivity index (χ0n) is 15.5. The fraction of sp³-hybridized carbons (Fsp3) is 0.217. The molecule has 0 spiro atoms. The summed E-state index contributed by atoms with van der Waals surface area (Å²) in [5.41, 5.74) is 5.80. The Morgan fingerprint density at radius 3 is 2.48 bits per heavy atom. The lowest BCUT2D eigenvalue weighted by atomic mass is 10.0. The third-order valence-corrected chi connectivity index (χ3v) is 5.05. The van der Waals surface area contributed by atoms with Crippen LogP contribution >= 0.6 is 0 Å². The Morgan fingerprint density at radius 2 is 1.74 bits per heavy atom. The smallest absolute Gasteiger partial charge is 0.223 e. The van der Waals surface area contributed by atoms with Crippen LogP contribution in [0.1, 0.15) is 18.1 Å². The highest BCUT2D eigenvalue weighted by atomic mass is 16.2. The molecule has 3 aromatic rings. The summed E-state index contributed by atoms with van der Waals surface area (Å²) in [6.45, 7) is 4.92. The highest BCUT2D eigenvalue weighted by Crippen LogP contribution is 2.31. The Balaban J connectivity index is 1.68. The van der Waals surface area contributed by atoms with Gasteiger partial charge in [0.05, 0.1) is 0 Å². The molecule has 0 aliphatic carbocycles. The van der Waals surface area contributed by atoms with Crippen LogP contribution in [0.15, 0.2) is 73.1 Å². The van der Waals surface area contributed by atoms with Crippen molar-refractivity contribution in [3.8, 4) is 11.1 Å². The van der Waals surface area contributed by atoms with Crippen LogP contribution in [0.4, 0.5) is 5.69 Å². The first-order valence-corrected chi connectivity index (χ1v) is 9.28. The Labute approximate surface area is 160 Å². The second kappa shape index (κ2) is 7.72. The molecule has 4 rings (SSSR count). The van der Waals surface area contributed by atoms with Gasteiger partial charge in [-0.05, 0) is 46.5 Å². The number of anilines is 1. The van der Waals surface area contributed by atoms with Crippen molar-refractivity contribution < 1.29 is 4.79 Å². The molecule has 4 heteroatoms. The first-order valence-electron chi connectivity index (χ1n) is 9.28. The molecule has 1 amide bonds. The number of nitrogens with zero attached hydrogens (tertiary/aromatic N) is 3. The van der Waals surface area contributed by atoms with Gasteiger partial charge in [0, 0.05) is 51.2 Å². The number of amides is 1. The SMILES string of the molecule is CC(=O)N1CCN(Cc2ccccc2)Cc2cc(-c3ccncc3)ccc21. The van der Waals surface area contributed by atoms with Gasteiger partial charge in [-0.15, -0.1) is 0 Å². The average Bonchev–Trinajstić information content (AvgIpc) is 2.88. The molecule has 1 aromatic heterocycles. The molecule has 2 aromatic carbocycles. The van der Waals surface area contributed by atoms with Crippen molar-refractivity contribution in [3.63, 3.8) is 0 Å². The molecule has 1 aliphatic heterocycles. The van der Waals surface area contributed by atoms with Gasteiger partial charge >= 0.3 is 0 Å². The monoisotopic (exact) mass is 357 g/mol. The predicted molar refractivity (Wildman–Crippen MR) is 108 cm³/mol. The zero-order chi connectivity index (χ0) is 18.6. The molecule has 136 valence electrons. The van der Waals surface area contributed by atoms with Gasteiger partial charge < -0.3 is 4.90 Å². The molecule has 0 N–H and O–H groups in total. The van der Waals surface area contributed by atoms with Crippen molar-refractivity contribution in [1.82, 2.24) is 9.88 Å². The summed E-state index contributed by atoms with van der Waals surface area (Å²) in [5, 5.41) is 0. The third-order valence-electron chi connectivity index (χ3n) is 5.05. The number of rotatable bonds is 3. The van der Waals surface area contributed by atoms with E-state index < -0.39 is 0 Å². The van der Waals surface area contributed by atoms with E-state index in [2.05, 4.69) is 52.3 Å². The molecule has 0 saturated carbocycles. The summed E-state index contributed by atoms with van der Waals surface area (Å²) >= 11 is 0. The number of hydrogen-bond donors (Lipinski definition) is 0. The lowest BCUT2D eigenvalue weighted by Gasteiger charge is -2.21. The van der Waals surface area contributed by atoms with Crippen molar-refractivity contribution in [2.45, 2.75) is 20.0 Å². The van der Waals surface area contributed by atoms with Gasteiger partial charge in [-0.3, -0.25) is 14.7 Å². The van der Waals surface area contributed by atoms with E-state index >= 15 is 0 Å². The second-order valence-corrected chi connectivity index (χ2v) is 6.95. The summed E-state index contributed by atoms with van der Waals surface area (Å²) in [7, 11) is 0. The van der Waals surface area contributed by atoms with Crippen LogP contribution in [0.3, 0.4) is 0 Å². The van der Waals surface area contributed by atoms with Crippen molar-refractivity contribution in [1.29, 1.82) is 0 Å². The Morgan fingerprint density at radius 1 is 0.963 bits per heavy atom. The van der Waals surface area contributed by atoms with Gasteiger partial charge in [0.2, 0.25) is 5.91 Å². The Hall–Kier alpha value is -2.98. The van der Waals surface area contributed by atoms with E-state index in [1.54, 1.807) is 6.92 Å². The van der Waals surface area contributed by atoms with Gasteiger partial charge in [-0.2, -0.15) is 0 Å². The Bertz CT molecular complexity index is 925. The summed E-state index contributed by atoms with van der Waals surface area (Å²) in [4.78, 5) is 20.6. The van der Waals surface area contributed by atoms with E-state index in [0.717, 1.165) is 36.4 Å². The maximum atomic E-state index is 12.2. The summed E-state index contributed by atoms with van der Waals surface area (Å²) in [6, 6.07) is 20.9. The fourth-order valence-electron chi connectivity index (χ4n) is 3.68. The molecule has 1 aliphatic rings. The minimum Gasteiger partial charge on any atom is -0.311 e. The average molecular weight is 357 g/mol. The van der Waals surface area contributed by atoms with Gasteiger partial charge in [0.25, 0.3) is 0 Å². The lowest BCUT2D eigenvalue weighted by molar-refractivity contribution is -0.116. The maximum absolute atomic E-state index is 12.2. The zero-order valence-corrected chi connectivity index (χ0v) is 15.5. The van der Waals surface area contributed by atoms with E-state index in [1.807, 2.05) is 35.5 Å². The van der Waals surface area contributed by atoms with Crippen LogP contribution in [0.2, 0.25) is 0 Å². The molecule has 0 bridgehead atoms. The first kappa shape index (κ1) is 17.4. The predicted octanol–water partition coefficient (Wildman–Crippen LogP) is 4.12. The summed E-state index contributed by atoms with van der Waals surface area (Å²) < 4.78 is 0. The van der Waals surface area contributed by atoms with Crippen LogP contribution in [0.25, 0.3) is 11.1 Å². The molecule has 0 unspecified atom stereocenters. The van der Waals surface area contributed by atoms with E-state index in [0.29, 0.717) is 6.54 Å². The highest BCUT2D eigenvalue weighted by Gasteiger charge is 2.22. The largest absolute Gasteiger partial charge is 0.311 e. The number of carbonyl (C=O) groups excluding carboxylic acids is 1. The van der Waals surface area contributed by atoms with Crippen molar-refractivity contribution in [2.24, 2.45) is 0 Å². The number of fused-ring (bicyclic) bond motifs is 1. The normalized spacial score (nSPS) is 14.5. The number of hydrogen-bond acceptors (Lipinski definition) is 3. The van der Waals surface area contributed by atoms with E-state index in [4.69, 9.17) is 0 Å². The quantitative estimate of drug-likeness (QED) is 0.708. The van der Waals surface area contributed by atoms with Crippen molar-refractivity contribution in [3.05, 3.63) is 84.2 Å². The Kier molecular flexibility index (Phi) is 4.99. The molecule has 27 heavy (non-hydrogen) atoms. The molecule has 0 saturated heterocycles. The van der Waals surface area contributed by atoms with E-state index in [1.165, 1.54) is 11.1 Å². The minimum absolute atomic E-state index is 0.0921. The topological polar surface area (TPSA) is 36.4 Å². The van der Waals surface area contributed by atoms with Crippen molar-refractivity contribution >= 4 is 11.6 Å². The van der Waals surface area contributed by atoms with Gasteiger partial charge in [0.15, 0.2) is 0 Å². The van der Waals surface area contributed by atoms with Crippen LogP contribution in [-0.4, -0.2) is 28.9 Å². The lowest BCUT2D eigenvalue weighted by Crippen LogP contribution is -2.34. The minimum atomic E-state index is 0.0921.